The largest absolute Gasteiger partial charge is 0.461 e. The number of hydrogen-bond donors (Lipinski definition) is 0. The first-order chi connectivity index (χ1) is 5.77. The van der Waals surface area contributed by atoms with Gasteiger partial charge in [0.05, 0.1) is 12.5 Å². The monoisotopic (exact) mass is 191 g/mol. The van der Waals surface area contributed by atoms with Crippen molar-refractivity contribution < 1.29 is 14.4 Å². The number of halogens is 1. The molecule has 0 N–H and O–H groups in total. The van der Waals surface area contributed by atoms with Gasteiger partial charge < -0.3 is 9.57 Å². The van der Waals surface area contributed by atoms with E-state index in [9.17, 15) is 4.79 Å². The van der Waals surface area contributed by atoms with Gasteiger partial charge in [-0.25, -0.2) is 4.79 Å². The molecule has 0 aromatic rings. The maximum atomic E-state index is 11.0. The van der Waals surface area contributed by atoms with Gasteiger partial charge in [0.25, 0.3) is 0 Å². The van der Waals surface area contributed by atoms with Crippen molar-refractivity contribution in [2.24, 2.45) is 5.16 Å². The normalized spacial score (nSPS) is 21.5. The first-order valence-electron chi connectivity index (χ1n) is 3.73. The zero-order valence-corrected chi connectivity index (χ0v) is 7.50. The van der Waals surface area contributed by atoms with Gasteiger partial charge >= 0.3 is 5.97 Å². The summed E-state index contributed by atoms with van der Waals surface area (Å²) < 4.78 is 4.73. The highest BCUT2D eigenvalue weighted by molar-refractivity contribution is 6.36. The first kappa shape index (κ1) is 9.32. The summed E-state index contributed by atoms with van der Waals surface area (Å²) in [4.78, 5) is 15.9. The van der Waals surface area contributed by atoms with Crippen LogP contribution in [0, 0.1) is 0 Å². The predicted molar refractivity (Wildman–Crippen MR) is 44.3 cm³/mol. The Morgan fingerprint density at radius 1 is 1.92 bits per heavy atom. The number of esters is 1. The molecule has 1 rings (SSSR count). The molecule has 5 heteroatoms. The Labute approximate surface area is 75.5 Å². The number of nitrogens with zero attached hydrogens (tertiary/aromatic N) is 1. The Morgan fingerprint density at radius 2 is 2.67 bits per heavy atom. The maximum Gasteiger partial charge on any atom is 0.356 e. The van der Waals surface area contributed by atoms with Crippen LogP contribution in [-0.4, -0.2) is 30.3 Å². The Balaban J connectivity index is 2.40. The van der Waals surface area contributed by atoms with Crippen molar-refractivity contribution in [3.63, 3.8) is 0 Å². The number of ether oxygens (including phenoxy) is 1. The Kier molecular flexibility index (Phi) is 3.34. The molecule has 0 spiro atoms. The Morgan fingerprint density at radius 3 is 3.17 bits per heavy atom. The van der Waals surface area contributed by atoms with Gasteiger partial charge in [0, 0.05) is 6.42 Å². The van der Waals surface area contributed by atoms with Gasteiger partial charge in [-0.15, -0.1) is 11.6 Å². The third kappa shape index (κ3) is 2.11. The van der Waals surface area contributed by atoms with E-state index in [1.54, 1.807) is 6.92 Å². The van der Waals surface area contributed by atoms with Crippen LogP contribution in [0.25, 0.3) is 0 Å². The summed E-state index contributed by atoms with van der Waals surface area (Å²) in [6, 6.07) is 0. The molecule has 0 amide bonds. The minimum absolute atomic E-state index is 0.175. The van der Waals surface area contributed by atoms with Gasteiger partial charge in [0.15, 0.2) is 5.71 Å². The van der Waals surface area contributed by atoms with Crippen LogP contribution in [0.4, 0.5) is 0 Å². The van der Waals surface area contributed by atoms with E-state index in [1.807, 2.05) is 0 Å². The average Bonchev–Trinajstić information content (AvgIpc) is 2.52. The van der Waals surface area contributed by atoms with E-state index in [0.29, 0.717) is 24.6 Å². The van der Waals surface area contributed by atoms with Crippen LogP contribution in [0.3, 0.4) is 0 Å². The van der Waals surface area contributed by atoms with E-state index in [0.717, 1.165) is 0 Å². The fourth-order valence-electron chi connectivity index (χ4n) is 0.846. The third-order valence-electron chi connectivity index (χ3n) is 1.42. The van der Waals surface area contributed by atoms with E-state index < -0.39 is 5.97 Å². The molecule has 1 aliphatic rings. The number of oxime groups is 1. The first-order valence-corrected chi connectivity index (χ1v) is 4.27. The molecular weight excluding hydrogens is 182 g/mol. The Hall–Kier alpha value is -0.770. The second kappa shape index (κ2) is 4.30. The summed E-state index contributed by atoms with van der Waals surface area (Å²) >= 11 is 5.50. The summed E-state index contributed by atoms with van der Waals surface area (Å²) in [5.41, 5.74) is 0.322. The topological polar surface area (TPSA) is 47.9 Å². The molecule has 0 unspecified atom stereocenters. The standard InChI is InChI=1S/C7H10ClNO3/c1-2-11-7(10)6-3-5(4-8)12-9-6/h5H,2-4H2,1H3/t5-/m0/s1. The summed E-state index contributed by atoms with van der Waals surface area (Å²) in [5, 5.41) is 3.56. The van der Waals surface area contributed by atoms with Crippen molar-refractivity contribution in [3.8, 4) is 0 Å². The SMILES string of the molecule is CCOC(=O)C1=NO[C@H](CCl)C1. The second-order valence-corrected chi connectivity index (χ2v) is 2.65. The summed E-state index contributed by atoms with van der Waals surface area (Å²) in [6.45, 7) is 2.09. The van der Waals surface area contributed by atoms with Crippen LogP contribution in [0.2, 0.25) is 0 Å². The molecule has 0 fully saturated rings. The maximum absolute atomic E-state index is 11.0. The van der Waals surface area contributed by atoms with Crippen molar-refractivity contribution in [1.82, 2.24) is 0 Å². The lowest BCUT2D eigenvalue weighted by Gasteiger charge is -2.00. The van der Waals surface area contributed by atoms with Crippen molar-refractivity contribution >= 4 is 23.3 Å². The zero-order chi connectivity index (χ0) is 8.97. The van der Waals surface area contributed by atoms with Crippen LogP contribution in [0.5, 0.6) is 0 Å². The average molecular weight is 192 g/mol. The van der Waals surface area contributed by atoms with Crippen molar-refractivity contribution in [2.75, 3.05) is 12.5 Å². The molecule has 12 heavy (non-hydrogen) atoms. The summed E-state index contributed by atoms with van der Waals surface area (Å²) in [5.74, 6) is -0.0722. The lowest BCUT2D eigenvalue weighted by atomic mass is 10.2. The lowest BCUT2D eigenvalue weighted by Crippen LogP contribution is -2.18. The molecule has 0 saturated carbocycles. The quantitative estimate of drug-likeness (QED) is 0.493. The smallest absolute Gasteiger partial charge is 0.356 e. The number of carbonyl (C=O) groups excluding carboxylic acids is 1. The lowest BCUT2D eigenvalue weighted by molar-refractivity contribution is -0.135. The molecule has 0 aliphatic carbocycles. The fraction of sp³-hybridized carbons (Fsp3) is 0.714. The van der Waals surface area contributed by atoms with E-state index in [4.69, 9.17) is 21.2 Å². The number of hydrogen-bond acceptors (Lipinski definition) is 4. The van der Waals surface area contributed by atoms with Gasteiger partial charge in [0.1, 0.15) is 6.10 Å². The third-order valence-corrected chi connectivity index (χ3v) is 1.76. The van der Waals surface area contributed by atoms with Gasteiger partial charge in [0.2, 0.25) is 0 Å². The van der Waals surface area contributed by atoms with Crippen LogP contribution >= 0.6 is 11.6 Å². The van der Waals surface area contributed by atoms with Gasteiger partial charge in [-0.05, 0) is 6.92 Å². The van der Waals surface area contributed by atoms with Crippen LogP contribution in [0.15, 0.2) is 5.16 Å². The second-order valence-electron chi connectivity index (χ2n) is 2.34. The zero-order valence-electron chi connectivity index (χ0n) is 6.75. The summed E-state index contributed by atoms with van der Waals surface area (Å²) in [7, 11) is 0. The molecule has 4 nitrogen and oxygen atoms in total. The van der Waals surface area contributed by atoms with Crippen molar-refractivity contribution in [3.05, 3.63) is 0 Å². The Bertz CT molecular complexity index is 205. The molecule has 68 valence electrons. The van der Waals surface area contributed by atoms with Crippen LogP contribution in [-0.2, 0) is 14.4 Å². The van der Waals surface area contributed by atoms with Crippen molar-refractivity contribution in [2.45, 2.75) is 19.4 Å². The van der Waals surface area contributed by atoms with Crippen LogP contribution < -0.4 is 0 Å². The highest BCUT2D eigenvalue weighted by Gasteiger charge is 2.25. The number of rotatable bonds is 3. The number of alkyl halides is 1. The van der Waals surface area contributed by atoms with Crippen LogP contribution in [0.1, 0.15) is 13.3 Å². The van der Waals surface area contributed by atoms with E-state index in [1.165, 1.54) is 0 Å². The minimum atomic E-state index is -0.412. The molecule has 1 aliphatic heterocycles. The molecule has 0 radical (unpaired) electrons. The molecule has 0 saturated heterocycles. The van der Waals surface area contributed by atoms with E-state index in [-0.39, 0.29) is 6.10 Å². The van der Waals surface area contributed by atoms with E-state index >= 15 is 0 Å². The van der Waals surface area contributed by atoms with E-state index in [2.05, 4.69) is 5.16 Å². The molecule has 1 atom stereocenters. The van der Waals surface area contributed by atoms with Gasteiger partial charge in [-0.3, -0.25) is 0 Å². The molecule has 0 aromatic carbocycles. The minimum Gasteiger partial charge on any atom is -0.461 e. The highest BCUT2D eigenvalue weighted by Crippen LogP contribution is 2.12. The van der Waals surface area contributed by atoms with Crippen molar-refractivity contribution in [1.29, 1.82) is 0 Å². The molecule has 0 bridgehead atoms. The number of carbonyl (C=O) groups is 1. The molecular formula is C7H10ClNO3. The summed E-state index contributed by atoms with van der Waals surface area (Å²) in [6.07, 6.45) is 0.272. The van der Waals surface area contributed by atoms with Gasteiger partial charge in [-0.2, -0.15) is 0 Å². The predicted octanol–water partition coefficient (Wildman–Crippen LogP) is 0.933. The van der Waals surface area contributed by atoms with Gasteiger partial charge in [-0.1, -0.05) is 5.16 Å². The highest BCUT2D eigenvalue weighted by atomic mass is 35.5. The molecule has 1 heterocycles. The fourth-order valence-corrected chi connectivity index (χ4v) is 1.01. The molecule has 0 aromatic heterocycles.